The minimum absolute atomic E-state index is 0.218. The van der Waals surface area contributed by atoms with Crippen molar-refractivity contribution >= 4 is 5.71 Å². The van der Waals surface area contributed by atoms with E-state index in [4.69, 9.17) is 5.73 Å². The molecule has 0 atom stereocenters. The first-order valence-corrected chi connectivity index (χ1v) is 3.39. The van der Waals surface area contributed by atoms with Gasteiger partial charge in [-0.25, -0.2) is 8.78 Å². The van der Waals surface area contributed by atoms with E-state index in [0.717, 1.165) is 0 Å². The summed E-state index contributed by atoms with van der Waals surface area (Å²) in [5.41, 5.74) is 5.73. The Morgan fingerprint density at radius 2 is 2.00 bits per heavy atom. The average molecular weight is 174 g/mol. The van der Waals surface area contributed by atoms with Crippen molar-refractivity contribution in [2.24, 2.45) is 10.7 Å². The summed E-state index contributed by atoms with van der Waals surface area (Å²) in [6, 6.07) is 0. The van der Waals surface area contributed by atoms with Crippen LogP contribution in [0, 0.1) is 0 Å². The molecule has 2 N–H and O–H groups in total. The molecule has 0 saturated heterocycles. The van der Waals surface area contributed by atoms with E-state index >= 15 is 0 Å². The van der Waals surface area contributed by atoms with Crippen molar-refractivity contribution in [1.82, 2.24) is 0 Å². The zero-order valence-electron chi connectivity index (χ0n) is 7.14. The molecule has 2 nitrogen and oxygen atoms in total. The Morgan fingerprint density at radius 1 is 1.50 bits per heavy atom. The van der Waals surface area contributed by atoms with Gasteiger partial charge in [0.15, 0.2) is 0 Å². The number of aliphatic imine (C=N–C) groups is 1. The molecule has 68 valence electrons. The Labute approximate surface area is 70.5 Å². The lowest BCUT2D eigenvalue weighted by Crippen LogP contribution is -2.04. The Bertz CT molecular complexity index is 229. The normalized spacial score (nSPS) is 13.8. The fraction of sp³-hybridized carbons (Fsp3) is 0.375. The third-order valence-corrected chi connectivity index (χ3v) is 1.06. The minimum atomic E-state index is -2.51. The van der Waals surface area contributed by atoms with Crippen LogP contribution in [0.2, 0.25) is 0 Å². The van der Waals surface area contributed by atoms with Crippen LogP contribution in [-0.4, -0.2) is 12.1 Å². The van der Waals surface area contributed by atoms with Crippen LogP contribution in [0.3, 0.4) is 0 Å². The van der Waals surface area contributed by atoms with Gasteiger partial charge in [-0.1, -0.05) is 6.58 Å². The van der Waals surface area contributed by atoms with Crippen LogP contribution < -0.4 is 5.73 Å². The molecule has 0 heterocycles. The van der Waals surface area contributed by atoms with E-state index in [2.05, 4.69) is 11.6 Å². The van der Waals surface area contributed by atoms with Gasteiger partial charge in [0, 0.05) is 11.4 Å². The highest BCUT2D eigenvalue weighted by molar-refractivity contribution is 5.85. The topological polar surface area (TPSA) is 38.4 Å². The monoisotopic (exact) mass is 174 g/mol. The van der Waals surface area contributed by atoms with E-state index in [0.29, 0.717) is 11.4 Å². The first-order chi connectivity index (χ1) is 5.43. The maximum Gasteiger partial charge on any atom is 0.276 e. The standard InChI is InChI=1S/C8H12F2N2/c1-5(11)4-6(2)12-7(3)8(9)10/h4,8H,1,11H2,2-3H3/b6-4-,12-7?. The van der Waals surface area contributed by atoms with Crippen molar-refractivity contribution in [3.05, 3.63) is 24.0 Å². The summed E-state index contributed by atoms with van der Waals surface area (Å²) in [6.07, 6.45) is -1.08. The highest BCUT2D eigenvalue weighted by Crippen LogP contribution is 2.03. The summed E-state index contributed by atoms with van der Waals surface area (Å²) >= 11 is 0. The molecule has 0 aliphatic carbocycles. The highest BCUT2D eigenvalue weighted by atomic mass is 19.3. The zero-order chi connectivity index (χ0) is 9.72. The molecule has 0 fully saturated rings. The Morgan fingerprint density at radius 3 is 2.33 bits per heavy atom. The van der Waals surface area contributed by atoms with Gasteiger partial charge in [-0.3, -0.25) is 4.99 Å². The molecule has 0 aromatic rings. The first-order valence-electron chi connectivity index (χ1n) is 3.39. The fourth-order valence-corrected chi connectivity index (χ4v) is 0.628. The molecular formula is C8H12F2N2. The van der Waals surface area contributed by atoms with Crippen LogP contribution >= 0.6 is 0 Å². The maximum absolute atomic E-state index is 11.9. The molecule has 4 heteroatoms. The maximum atomic E-state index is 11.9. The molecule has 0 amide bonds. The van der Waals surface area contributed by atoms with Crippen molar-refractivity contribution < 1.29 is 8.78 Å². The van der Waals surface area contributed by atoms with E-state index in [9.17, 15) is 8.78 Å². The second-order valence-electron chi connectivity index (χ2n) is 2.41. The van der Waals surface area contributed by atoms with E-state index in [1.807, 2.05) is 0 Å². The van der Waals surface area contributed by atoms with Gasteiger partial charge in [-0.2, -0.15) is 0 Å². The molecule has 12 heavy (non-hydrogen) atoms. The van der Waals surface area contributed by atoms with Gasteiger partial charge in [0.2, 0.25) is 0 Å². The highest BCUT2D eigenvalue weighted by Gasteiger charge is 2.05. The van der Waals surface area contributed by atoms with Crippen molar-refractivity contribution in [2.45, 2.75) is 20.3 Å². The van der Waals surface area contributed by atoms with Crippen molar-refractivity contribution in [2.75, 3.05) is 0 Å². The smallest absolute Gasteiger partial charge is 0.276 e. The van der Waals surface area contributed by atoms with Crippen molar-refractivity contribution in [3.8, 4) is 0 Å². The van der Waals surface area contributed by atoms with Crippen molar-refractivity contribution in [3.63, 3.8) is 0 Å². The van der Waals surface area contributed by atoms with E-state index < -0.39 is 6.43 Å². The van der Waals surface area contributed by atoms with Crippen LogP contribution in [-0.2, 0) is 0 Å². The lowest BCUT2D eigenvalue weighted by atomic mass is 10.3. The first kappa shape index (κ1) is 10.8. The summed E-state index contributed by atoms with van der Waals surface area (Å²) in [5.74, 6) is 0. The molecular weight excluding hydrogens is 162 g/mol. The molecule has 0 bridgehead atoms. The number of halogens is 2. The van der Waals surface area contributed by atoms with E-state index in [-0.39, 0.29) is 5.71 Å². The number of nitrogens with two attached hydrogens (primary N) is 1. The predicted octanol–water partition coefficient (Wildman–Crippen LogP) is 2.09. The Hall–Kier alpha value is -1.19. The van der Waals surface area contributed by atoms with Gasteiger partial charge in [0.25, 0.3) is 6.43 Å². The van der Waals surface area contributed by atoms with E-state index in [1.165, 1.54) is 13.0 Å². The molecule has 0 radical (unpaired) electrons. The van der Waals surface area contributed by atoms with Crippen LogP contribution in [0.15, 0.2) is 29.0 Å². The second-order valence-corrected chi connectivity index (χ2v) is 2.41. The fourth-order valence-electron chi connectivity index (χ4n) is 0.628. The summed E-state index contributed by atoms with van der Waals surface area (Å²) in [7, 11) is 0. The molecule has 0 unspecified atom stereocenters. The summed E-state index contributed by atoms with van der Waals surface area (Å²) in [5, 5.41) is 0. The molecule has 0 aromatic carbocycles. The third kappa shape index (κ3) is 4.60. The molecule has 0 aliphatic heterocycles. The predicted molar refractivity (Wildman–Crippen MR) is 46.2 cm³/mol. The van der Waals surface area contributed by atoms with Gasteiger partial charge in [-0.05, 0) is 19.9 Å². The zero-order valence-corrected chi connectivity index (χ0v) is 7.14. The van der Waals surface area contributed by atoms with Crippen molar-refractivity contribution in [1.29, 1.82) is 0 Å². The number of alkyl halides is 2. The molecule has 0 aromatic heterocycles. The Kier molecular flexibility index (Phi) is 4.18. The molecule has 0 spiro atoms. The van der Waals surface area contributed by atoms with Gasteiger partial charge >= 0.3 is 0 Å². The minimum Gasteiger partial charge on any atom is -0.399 e. The summed E-state index contributed by atoms with van der Waals surface area (Å²) in [6.45, 7) is 6.24. The number of rotatable bonds is 3. The molecule has 0 aliphatic rings. The van der Waals surface area contributed by atoms with Gasteiger partial charge in [0.05, 0.1) is 5.71 Å². The van der Waals surface area contributed by atoms with Gasteiger partial charge < -0.3 is 5.73 Å². The number of allylic oxidation sites excluding steroid dienone is 2. The van der Waals surface area contributed by atoms with Gasteiger partial charge in [0.1, 0.15) is 0 Å². The van der Waals surface area contributed by atoms with Crippen LogP contribution in [0.5, 0.6) is 0 Å². The van der Waals surface area contributed by atoms with Gasteiger partial charge in [-0.15, -0.1) is 0 Å². The SMILES string of the molecule is C=C(N)/C=C(/C)N=C(C)C(F)F. The quantitative estimate of drug-likeness (QED) is 0.516. The largest absolute Gasteiger partial charge is 0.399 e. The lowest BCUT2D eigenvalue weighted by molar-refractivity contribution is 0.225. The number of hydrogen-bond donors (Lipinski definition) is 1. The summed E-state index contributed by atoms with van der Waals surface area (Å²) < 4.78 is 23.8. The Balaban J connectivity index is 4.43. The summed E-state index contributed by atoms with van der Waals surface area (Å²) in [4.78, 5) is 3.60. The van der Waals surface area contributed by atoms with Crippen LogP contribution in [0.1, 0.15) is 13.8 Å². The average Bonchev–Trinajstić information content (AvgIpc) is 1.84. The molecule has 0 rings (SSSR count). The third-order valence-electron chi connectivity index (χ3n) is 1.06. The molecule has 0 saturated carbocycles. The van der Waals surface area contributed by atoms with E-state index in [1.54, 1.807) is 6.92 Å². The second kappa shape index (κ2) is 4.64. The number of nitrogens with zero attached hydrogens (tertiary/aromatic N) is 1. The lowest BCUT2D eigenvalue weighted by Gasteiger charge is -1.98. The van der Waals surface area contributed by atoms with Crippen LogP contribution in [0.25, 0.3) is 0 Å². The van der Waals surface area contributed by atoms with Crippen LogP contribution in [0.4, 0.5) is 8.78 Å². The number of hydrogen-bond acceptors (Lipinski definition) is 2.